The van der Waals surface area contributed by atoms with Crippen molar-refractivity contribution < 1.29 is 13.2 Å². The monoisotopic (exact) mass is 384 g/mol. The van der Waals surface area contributed by atoms with E-state index in [1.165, 1.54) is 0 Å². The number of nitriles is 1. The lowest BCUT2D eigenvalue weighted by atomic mass is 10.0. The third kappa shape index (κ3) is 7.63. The van der Waals surface area contributed by atoms with E-state index in [2.05, 4.69) is 5.32 Å². The number of rotatable bonds is 10. The van der Waals surface area contributed by atoms with Gasteiger partial charge in [-0.1, -0.05) is 60.7 Å². The van der Waals surface area contributed by atoms with Gasteiger partial charge in [0.2, 0.25) is 5.91 Å². The van der Waals surface area contributed by atoms with E-state index in [9.17, 15) is 13.2 Å². The molecule has 1 amide bonds. The summed E-state index contributed by atoms with van der Waals surface area (Å²) < 4.78 is 25.2. The number of nitrogens with one attached hydrogen (secondary N) is 1. The lowest BCUT2D eigenvalue weighted by Crippen LogP contribution is -2.35. The van der Waals surface area contributed by atoms with Crippen LogP contribution >= 0.6 is 0 Å². The predicted octanol–water partition coefficient (Wildman–Crippen LogP) is 2.88. The van der Waals surface area contributed by atoms with Gasteiger partial charge < -0.3 is 5.32 Å². The molecule has 0 fully saturated rings. The maximum atomic E-state index is 12.6. The summed E-state index contributed by atoms with van der Waals surface area (Å²) in [4.78, 5) is 12.3. The van der Waals surface area contributed by atoms with Crippen molar-refractivity contribution >= 4 is 15.7 Å². The maximum Gasteiger partial charge on any atom is 0.224 e. The van der Waals surface area contributed by atoms with E-state index in [-0.39, 0.29) is 24.0 Å². The van der Waals surface area contributed by atoms with E-state index in [1.807, 2.05) is 42.5 Å². The highest BCUT2D eigenvalue weighted by molar-refractivity contribution is 7.90. The zero-order valence-corrected chi connectivity index (χ0v) is 16.0. The van der Waals surface area contributed by atoms with Crippen LogP contribution in [0.4, 0.5) is 0 Å². The van der Waals surface area contributed by atoms with Gasteiger partial charge in [-0.2, -0.15) is 5.26 Å². The van der Waals surface area contributed by atoms with Crippen LogP contribution in [0, 0.1) is 17.2 Å². The molecular weight excluding hydrogens is 360 g/mol. The Labute approximate surface area is 161 Å². The molecular formula is C21H24N2O3S. The van der Waals surface area contributed by atoms with Gasteiger partial charge in [-0.05, 0) is 30.4 Å². The molecule has 5 nitrogen and oxygen atoms in total. The molecule has 0 aliphatic carbocycles. The average Bonchev–Trinajstić information content (AvgIpc) is 2.66. The lowest BCUT2D eigenvalue weighted by molar-refractivity contribution is -0.124. The van der Waals surface area contributed by atoms with Crippen LogP contribution in [-0.2, 0) is 26.8 Å². The SMILES string of the molecule is N#CCNC(=O)C(CCCc1ccccc1)CS(=O)(=O)Cc1ccccc1. The Morgan fingerprint density at radius 1 is 1.00 bits per heavy atom. The topological polar surface area (TPSA) is 87.0 Å². The first-order valence-electron chi connectivity index (χ1n) is 8.93. The van der Waals surface area contributed by atoms with Crippen molar-refractivity contribution in [2.24, 2.45) is 5.92 Å². The fourth-order valence-corrected chi connectivity index (χ4v) is 4.70. The summed E-state index contributed by atoms with van der Waals surface area (Å²) in [5, 5.41) is 11.2. The molecule has 0 heterocycles. The Morgan fingerprint density at radius 2 is 1.59 bits per heavy atom. The Kier molecular flexibility index (Phi) is 8.02. The van der Waals surface area contributed by atoms with E-state index in [0.29, 0.717) is 18.4 Å². The molecule has 1 N–H and O–H groups in total. The number of hydrogen-bond acceptors (Lipinski definition) is 4. The van der Waals surface area contributed by atoms with Gasteiger partial charge in [-0.15, -0.1) is 0 Å². The fourth-order valence-electron chi connectivity index (χ4n) is 2.95. The summed E-state index contributed by atoms with van der Waals surface area (Å²) in [6.45, 7) is -0.118. The lowest BCUT2D eigenvalue weighted by Gasteiger charge is -2.16. The first kappa shape index (κ1) is 20.7. The number of nitrogens with zero attached hydrogens (tertiary/aromatic N) is 1. The van der Waals surface area contributed by atoms with E-state index >= 15 is 0 Å². The van der Waals surface area contributed by atoms with E-state index in [4.69, 9.17) is 5.26 Å². The van der Waals surface area contributed by atoms with E-state index in [0.717, 1.165) is 12.0 Å². The minimum Gasteiger partial charge on any atom is -0.343 e. The highest BCUT2D eigenvalue weighted by Gasteiger charge is 2.25. The molecule has 2 rings (SSSR count). The zero-order valence-electron chi connectivity index (χ0n) is 15.2. The van der Waals surface area contributed by atoms with Crippen LogP contribution in [0.5, 0.6) is 0 Å². The second-order valence-corrected chi connectivity index (χ2v) is 8.60. The summed E-state index contributed by atoms with van der Waals surface area (Å²) >= 11 is 0. The summed E-state index contributed by atoms with van der Waals surface area (Å²) in [7, 11) is -3.44. The van der Waals surface area contributed by atoms with Crippen molar-refractivity contribution in [1.29, 1.82) is 5.26 Å². The quantitative estimate of drug-likeness (QED) is 0.638. The Hall–Kier alpha value is -2.65. The average molecular weight is 385 g/mol. The summed E-state index contributed by atoms with van der Waals surface area (Å²) in [6.07, 6.45) is 1.94. The number of aryl methyl sites for hydroxylation is 1. The van der Waals surface area contributed by atoms with E-state index in [1.54, 1.807) is 24.3 Å². The standard InChI is InChI=1S/C21H24N2O3S/c22-14-15-23-21(24)20(13-7-12-18-8-3-1-4-9-18)17-27(25,26)16-19-10-5-2-6-11-19/h1-6,8-11,20H,7,12-13,15-17H2,(H,23,24). The maximum absolute atomic E-state index is 12.6. The largest absolute Gasteiger partial charge is 0.343 e. The van der Waals surface area contributed by atoms with Crippen LogP contribution in [-0.4, -0.2) is 26.6 Å². The van der Waals surface area contributed by atoms with Crippen molar-refractivity contribution in [1.82, 2.24) is 5.32 Å². The number of hydrogen-bond donors (Lipinski definition) is 1. The van der Waals surface area contributed by atoms with Gasteiger partial charge in [0.05, 0.1) is 23.5 Å². The van der Waals surface area contributed by atoms with Crippen LogP contribution in [0.25, 0.3) is 0 Å². The molecule has 1 atom stereocenters. The number of sulfone groups is 1. The van der Waals surface area contributed by atoms with Crippen molar-refractivity contribution in [3.63, 3.8) is 0 Å². The number of benzene rings is 2. The molecule has 0 aromatic heterocycles. The highest BCUT2D eigenvalue weighted by atomic mass is 32.2. The molecule has 142 valence electrons. The van der Waals surface area contributed by atoms with Crippen LogP contribution in [0.1, 0.15) is 24.0 Å². The summed E-state index contributed by atoms with van der Waals surface area (Å²) in [5.74, 6) is -1.33. The number of carbonyl (C=O) groups is 1. The molecule has 0 saturated carbocycles. The van der Waals surface area contributed by atoms with Crippen molar-refractivity contribution in [2.75, 3.05) is 12.3 Å². The Morgan fingerprint density at radius 3 is 2.19 bits per heavy atom. The first-order valence-corrected chi connectivity index (χ1v) is 10.8. The van der Waals surface area contributed by atoms with Crippen molar-refractivity contribution in [3.8, 4) is 6.07 Å². The molecule has 6 heteroatoms. The van der Waals surface area contributed by atoms with Gasteiger partial charge in [0.25, 0.3) is 0 Å². The van der Waals surface area contributed by atoms with Gasteiger partial charge in [-0.3, -0.25) is 4.79 Å². The molecule has 2 aromatic rings. The number of amides is 1. The van der Waals surface area contributed by atoms with Gasteiger partial charge in [0.15, 0.2) is 9.84 Å². The fraction of sp³-hybridized carbons (Fsp3) is 0.333. The molecule has 0 saturated heterocycles. The van der Waals surface area contributed by atoms with Gasteiger partial charge in [0.1, 0.15) is 6.54 Å². The number of carbonyl (C=O) groups excluding carboxylic acids is 1. The zero-order chi connectivity index (χ0) is 19.5. The molecule has 0 aliphatic rings. The van der Waals surface area contributed by atoms with Crippen molar-refractivity contribution in [3.05, 3.63) is 71.8 Å². The third-order valence-electron chi connectivity index (χ3n) is 4.26. The van der Waals surface area contributed by atoms with Crippen LogP contribution in [0.15, 0.2) is 60.7 Å². The van der Waals surface area contributed by atoms with Crippen LogP contribution in [0.3, 0.4) is 0 Å². The summed E-state index contributed by atoms with van der Waals surface area (Å²) in [6, 6.07) is 20.7. The minimum atomic E-state index is -3.44. The van der Waals surface area contributed by atoms with E-state index < -0.39 is 15.8 Å². The van der Waals surface area contributed by atoms with Crippen LogP contribution < -0.4 is 5.32 Å². The molecule has 0 radical (unpaired) electrons. The second-order valence-electron chi connectivity index (χ2n) is 6.49. The molecule has 0 bridgehead atoms. The molecule has 0 aliphatic heterocycles. The smallest absolute Gasteiger partial charge is 0.224 e. The molecule has 2 aromatic carbocycles. The Balaban J connectivity index is 2.00. The molecule has 0 spiro atoms. The highest BCUT2D eigenvalue weighted by Crippen LogP contribution is 2.16. The molecule has 1 unspecified atom stereocenters. The van der Waals surface area contributed by atoms with Gasteiger partial charge in [-0.25, -0.2) is 8.42 Å². The van der Waals surface area contributed by atoms with Gasteiger partial charge >= 0.3 is 0 Å². The predicted molar refractivity (Wildman–Crippen MR) is 105 cm³/mol. The first-order chi connectivity index (χ1) is 13.0. The van der Waals surface area contributed by atoms with Gasteiger partial charge in [0, 0.05) is 0 Å². The van der Waals surface area contributed by atoms with Crippen LogP contribution in [0.2, 0.25) is 0 Å². The summed E-state index contributed by atoms with van der Waals surface area (Å²) in [5.41, 5.74) is 1.86. The van der Waals surface area contributed by atoms with Crippen molar-refractivity contribution in [2.45, 2.75) is 25.0 Å². The minimum absolute atomic E-state index is 0.0887. The third-order valence-corrected chi connectivity index (χ3v) is 5.94. The normalized spacial score (nSPS) is 12.1. The Bertz CT molecular complexity index is 859. The molecule has 27 heavy (non-hydrogen) atoms. The second kappa shape index (κ2) is 10.5.